The van der Waals surface area contributed by atoms with Crippen molar-refractivity contribution < 1.29 is 17.9 Å². The molecule has 4 aromatic rings. The lowest BCUT2D eigenvalue weighted by atomic mass is 10.2. The van der Waals surface area contributed by atoms with Gasteiger partial charge in [0.25, 0.3) is 15.9 Å². The molecule has 162 valence electrons. The molecule has 0 atom stereocenters. The van der Waals surface area contributed by atoms with Crippen LogP contribution in [-0.4, -0.2) is 31.6 Å². The molecule has 3 aromatic carbocycles. The van der Waals surface area contributed by atoms with E-state index in [-0.39, 0.29) is 10.5 Å². The lowest BCUT2D eigenvalue weighted by Crippen LogP contribution is -2.15. The van der Waals surface area contributed by atoms with Crippen LogP contribution in [0.15, 0.2) is 83.8 Å². The number of hydrogen-bond donors (Lipinski definition) is 2. The molecule has 0 fully saturated rings. The van der Waals surface area contributed by atoms with Gasteiger partial charge in [-0.25, -0.2) is 8.42 Å². The van der Waals surface area contributed by atoms with Crippen LogP contribution in [0.25, 0.3) is 10.6 Å². The van der Waals surface area contributed by atoms with Crippen LogP contribution in [0.5, 0.6) is 5.75 Å². The van der Waals surface area contributed by atoms with E-state index in [9.17, 15) is 13.2 Å². The first-order chi connectivity index (χ1) is 15.5. The Morgan fingerprint density at radius 1 is 0.906 bits per heavy atom. The summed E-state index contributed by atoms with van der Waals surface area (Å²) in [5.74, 6) is -0.0126. The first kappa shape index (κ1) is 21.5. The van der Waals surface area contributed by atoms with E-state index >= 15 is 0 Å². The van der Waals surface area contributed by atoms with Crippen molar-refractivity contribution in [3.05, 3.63) is 84.4 Å². The zero-order chi connectivity index (χ0) is 22.6. The molecule has 0 bridgehead atoms. The van der Waals surface area contributed by atoms with Crippen LogP contribution in [0.1, 0.15) is 10.4 Å². The summed E-state index contributed by atoms with van der Waals surface area (Å²) in [6.45, 7) is 0. The van der Waals surface area contributed by atoms with E-state index in [2.05, 4.69) is 20.2 Å². The maximum Gasteiger partial charge on any atom is 0.262 e. The predicted octanol–water partition coefficient (Wildman–Crippen LogP) is 4.27. The van der Waals surface area contributed by atoms with Gasteiger partial charge in [0.15, 0.2) is 0 Å². The molecule has 10 heteroatoms. The van der Waals surface area contributed by atoms with Crippen molar-refractivity contribution in [1.82, 2.24) is 10.2 Å². The Morgan fingerprint density at radius 3 is 2.31 bits per heavy atom. The Bertz CT molecular complexity index is 1340. The summed E-state index contributed by atoms with van der Waals surface area (Å²) in [5.41, 5.74) is 1.52. The Labute approximate surface area is 189 Å². The van der Waals surface area contributed by atoms with Gasteiger partial charge in [-0.3, -0.25) is 14.8 Å². The molecule has 0 unspecified atom stereocenters. The molecule has 32 heavy (non-hydrogen) atoms. The fraction of sp³-hybridized carbons (Fsp3) is 0.0455. The van der Waals surface area contributed by atoms with Gasteiger partial charge in [0.2, 0.25) is 5.13 Å². The van der Waals surface area contributed by atoms with Gasteiger partial charge >= 0.3 is 0 Å². The number of anilines is 2. The van der Waals surface area contributed by atoms with Gasteiger partial charge in [-0.05, 0) is 36.4 Å². The first-order valence-corrected chi connectivity index (χ1v) is 11.7. The number of sulfonamides is 1. The maximum absolute atomic E-state index is 12.7. The molecule has 0 radical (unpaired) electrons. The summed E-state index contributed by atoms with van der Waals surface area (Å²) in [6.07, 6.45) is 0. The highest BCUT2D eigenvalue weighted by Crippen LogP contribution is 2.27. The lowest BCUT2D eigenvalue weighted by Gasteiger charge is -2.11. The molecular formula is C22H18N4O4S2. The van der Waals surface area contributed by atoms with E-state index < -0.39 is 15.9 Å². The fourth-order valence-electron chi connectivity index (χ4n) is 2.86. The minimum Gasteiger partial charge on any atom is -0.495 e. The average Bonchev–Trinajstić information content (AvgIpc) is 3.28. The van der Waals surface area contributed by atoms with E-state index in [4.69, 9.17) is 4.74 Å². The first-order valence-electron chi connectivity index (χ1n) is 9.42. The Morgan fingerprint density at radius 2 is 1.59 bits per heavy atom. The molecule has 0 aliphatic rings. The fourth-order valence-corrected chi connectivity index (χ4v) is 4.67. The number of nitrogens with zero attached hydrogens (tertiary/aromatic N) is 2. The maximum atomic E-state index is 12.7. The number of carbonyl (C=O) groups is 1. The number of amides is 1. The summed E-state index contributed by atoms with van der Waals surface area (Å²) in [4.78, 5) is 12.6. The van der Waals surface area contributed by atoms with Crippen LogP contribution in [-0.2, 0) is 10.0 Å². The SMILES string of the molecule is COc1ccccc1NS(=O)(=O)c1ccc(C(=O)Nc2nnc(-c3ccccc3)s2)cc1. The van der Waals surface area contributed by atoms with Crippen LogP contribution >= 0.6 is 11.3 Å². The highest BCUT2D eigenvalue weighted by atomic mass is 32.2. The number of para-hydroxylation sites is 2. The third-order valence-corrected chi connectivity index (χ3v) is 6.71. The van der Waals surface area contributed by atoms with Crippen LogP contribution in [0, 0.1) is 0 Å². The van der Waals surface area contributed by atoms with Gasteiger partial charge in [0, 0.05) is 11.1 Å². The third kappa shape index (κ3) is 4.76. The second kappa shape index (κ2) is 9.16. The van der Waals surface area contributed by atoms with E-state index in [0.29, 0.717) is 21.6 Å². The van der Waals surface area contributed by atoms with E-state index in [1.54, 1.807) is 24.3 Å². The van der Waals surface area contributed by atoms with Crippen LogP contribution in [0.3, 0.4) is 0 Å². The predicted molar refractivity (Wildman–Crippen MR) is 124 cm³/mol. The number of hydrogen-bond acceptors (Lipinski definition) is 7. The molecule has 0 saturated heterocycles. The third-order valence-electron chi connectivity index (χ3n) is 4.44. The van der Waals surface area contributed by atoms with Crippen molar-refractivity contribution in [3.63, 3.8) is 0 Å². The summed E-state index contributed by atoms with van der Waals surface area (Å²) in [5, 5.41) is 11.8. The van der Waals surface area contributed by atoms with Crippen molar-refractivity contribution in [2.45, 2.75) is 4.90 Å². The minimum absolute atomic E-state index is 0.0160. The number of rotatable bonds is 7. The largest absolute Gasteiger partial charge is 0.495 e. The number of nitrogens with one attached hydrogen (secondary N) is 2. The molecule has 0 spiro atoms. The van der Waals surface area contributed by atoms with Crippen molar-refractivity contribution in [1.29, 1.82) is 0 Å². The lowest BCUT2D eigenvalue weighted by molar-refractivity contribution is 0.102. The molecule has 2 N–H and O–H groups in total. The van der Waals surface area contributed by atoms with Gasteiger partial charge in [0.1, 0.15) is 10.8 Å². The van der Waals surface area contributed by atoms with E-state index in [1.807, 2.05) is 30.3 Å². The van der Waals surface area contributed by atoms with E-state index in [1.165, 1.54) is 42.7 Å². The van der Waals surface area contributed by atoms with Crippen LogP contribution in [0.4, 0.5) is 10.8 Å². The molecule has 1 amide bonds. The average molecular weight is 467 g/mol. The minimum atomic E-state index is -3.86. The quantitative estimate of drug-likeness (QED) is 0.421. The summed E-state index contributed by atoms with van der Waals surface area (Å²) in [6, 6.07) is 21.8. The summed E-state index contributed by atoms with van der Waals surface area (Å²) < 4.78 is 33.1. The topological polar surface area (TPSA) is 110 Å². The monoisotopic (exact) mass is 466 g/mol. The normalized spacial score (nSPS) is 11.0. The zero-order valence-corrected chi connectivity index (χ0v) is 18.5. The van der Waals surface area contributed by atoms with Crippen LogP contribution in [0.2, 0.25) is 0 Å². The van der Waals surface area contributed by atoms with Crippen molar-refractivity contribution >= 4 is 38.1 Å². The number of carbonyl (C=O) groups excluding carboxylic acids is 1. The van der Waals surface area contributed by atoms with Gasteiger partial charge in [-0.15, -0.1) is 10.2 Å². The second-order valence-electron chi connectivity index (χ2n) is 6.56. The molecule has 8 nitrogen and oxygen atoms in total. The molecule has 4 rings (SSSR count). The van der Waals surface area contributed by atoms with Gasteiger partial charge in [0.05, 0.1) is 17.7 Å². The molecule has 1 heterocycles. The number of aromatic nitrogens is 2. The zero-order valence-electron chi connectivity index (χ0n) is 16.8. The number of ether oxygens (including phenoxy) is 1. The summed E-state index contributed by atoms with van der Waals surface area (Å²) >= 11 is 1.25. The number of methoxy groups -OCH3 is 1. The Balaban J connectivity index is 1.46. The highest BCUT2D eigenvalue weighted by molar-refractivity contribution is 7.92. The van der Waals surface area contributed by atoms with Crippen LogP contribution < -0.4 is 14.8 Å². The van der Waals surface area contributed by atoms with Gasteiger partial charge in [-0.1, -0.05) is 53.8 Å². The summed E-state index contributed by atoms with van der Waals surface area (Å²) in [7, 11) is -2.40. The molecular weight excluding hydrogens is 448 g/mol. The molecule has 0 aliphatic heterocycles. The molecule has 1 aromatic heterocycles. The second-order valence-corrected chi connectivity index (χ2v) is 9.22. The molecule has 0 saturated carbocycles. The highest BCUT2D eigenvalue weighted by Gasteiger charge is 2.18. The standard InChI is InChI=1S/C22H18N4O4S2/c1-30-19-10-6-5-9-18(19)26-32(28,29)17-13-11-15(12-14-17)20(27)23-22-25-24-21(31-22)16-7-3-2-4-8-16/h2-14,26H,1H3,(H,23,25,27). The van der Waals surface area contributed by atoms with Crippen molar-refractivity contribution in [3.8, 4) is 16.3 Å². The Kier molecular flexibility index (Phi) is 6.15. The number of benzene rings is 3. The van der Waals surface area contributed by atoms with Gasteiger partial charge in [-0.2, -0.15) is 0 Å². The van der Waals surface area contributed by atoms with Crippen molar-refractivity contribution in [2.24, 2.45) is 0 Å². The van der Waals surface area contributed by atoms with Crippen molar-refractivity contribution in [2.75, 3.05) is 17.1 Å². The molecule has 0 aliphatic carbocycles. The van der Waals surface area contributed by atoms with E-state index in [0.717, 1.165) is 5.56 Å². The van der Waals surface area contributed by atoms with Gasteiger partial charge < -0.3 is 4.74 Å². The smallest absolute Gasteiger partial charge is 0.262 e. The Hall–Kier alpha value is -3.76.